The van der Waals surface area contributed by atoms with Gasteiger partial charge in [-0.2, -0.15) is 0 Å². The number of morpholine rings is 1. The molecule has 28 heavy (non-hydrogen) atoms. The summed E-state index contributed by atoms with van der Waals surface area (Å²) >= 11 is 0. The van der Waals surface area contributed by atoms with Gasteiger partial charge >= 0.3 is 0 Å². The maximum Gasteiger partial charge on any atom is 0.191 e. The predicted molar refractivity (Wildman–Crippen MR) is 128 cm³/mol. The molecule has 1 aromatic carbocycles. The van der Waals surface area contributed by atoms with Crippen LogP contribution in [0, 0.1) is 5.92 Å². The average molecular weight is 504 g/mol. The Labute approximate surface area is 187 Å². The van der Waals surface area contributed by atoms with E-state index in [-0.39, 0.29) is 24.0 Å². The van der Waals surface area contributed by atoms with Crippen LogP contribution >= 0.6 is 24.0 Å². The summed E-state index contributed by atoms with van der Waals surface area (Å²) in [5.41, 5.74) is 2.46. The van der Waals surface area contributed by atoms with Gasteiger partial charge in [-0.1, -0.05) is 26.0 Å². The smallest absolute Gasteiger partial charge is 0.191 e. The molecule has 0 atom stereocenters. The van der Waals surface area contributed by atoms with E-state index in [9.17, 15) is 0 Å². The van der Waals surface area contributed by atoms with Crippen LogP contribution in [-0.2, 0) is 16.0 Å². The van der Waals surface area contributed by atoms with Gasteiger partial charge in [0.25, 0.3) is 0 Å². The molecule has 1 aliphatic heterocycles. The zero-order valence-electron chi connectivity index (χ0n) is 17.6. The van der Waals surface area contributed by atoms with Crippen molar-refractivity contribution in [3.63, 3.8) is 0 Å². The lowest BCUT2D eigenvalue weighted by Gasteiger charge is -2.28. The molecule has 0 unspecified atom stereocenters. The first kappa shape index (κ1) is 25.0. The SMILES string of the molecule is CCNC(=NCc1ccc(N2CCOCC2)cc1)NCCOCCC(C)C.I. The largest absolute Gasteiger partial charge is 0.380 e. The van der Waals surface area contributed by atoms with Crippen molar-refractivity contribution >= 4 is 35.6 Å². The number of hydrogen-bond acceptors (Lipinski definition) is 4. The highest BCUT2D eigenvalue weighted by Crippen LogP contribution is 2.17. The quantitative estimate of drug-likeness (QED) is 0.222. The van der Waals surface area contributed by atoms with E-state index in [1.807, 2.05) is 0 Å². The second kappa shape index (κ2) is 14.9. The van der Waals surface area contributed by atoms with Crippen LogP contribution < -0.4 is 15.5 Å². The predicted octanol–water partition coefficient (Wildman–Crippen LogP) is 3.26. The van der Waals surface area contributed by atoms with E-state index in [2.05, 4.69) is 65.6 Å². The van der Waals surface area contributed by atoms with Gasteiger partial charge in [0.15, 0.2) is 5.96 Å². The Bertz CT molecular complexity index is 546. The van der Waals surface area contributed by atoms with Crippen molar-refractivity contribution in [1.82, 2.24) is 10.6 Å². The lowest BCUT2D eigenvalue weighted by atomic mass is 10.1. The van der Waals surface area contributed by atoms with Gasteiger partial charge in [-0.3, -0.25) is 0 Å². The second-order valence-electron chi connectivity index (χ2n) is 7.18. The number of rotatable bonds is 10. The summed E-state index contributed by atoms with van der Waals surface area (Å²) in [4.78, 5) is 7.04. The number of anilines is 1. The Morgan fingerprint density at radius 2 is 1.86 bits per heavy atom. The van der Waals surface area contributed by atoms with Gasteiger partial charge in [0.05, 0.1) is 26.4 Å². The molecule has 2 rings (SSSR count). The van der Waals surface area contributed by atoms with Crippen LogP contribution in [0.1, 0.15) is 32.8 Å². The number of guanidine groups is 1. The van der Waals surface area contributed by atoms with Crippen molar-refractivity contribution in [2.75, 3.05) is 57.5 Å². The third kappa shape index (κ3) is 9.93. The third-order valence-electron chi connectivity index (χ3n) is 4.45. The minimum absolute atomic E-state index is 0. The number of hydrogen-bond donors (Lipinski definition) is 2. The molecule has 1 saturated heterocycles. The molecule has 2 N–H and O–H groups in total. The molecule has 6 nitrogen and oxygen atoms in total. The van der Waals surface area contributed by atoms with Crippen molar-refractivity contribution in [1.29, 1.82) is 0 Å². The maximum absolute atomic E-state index is 5.65. The fraction of sp³-hybridized carbons (Fsp3) is 0.667. The average Bonchev–Trinajstić information content (AvgIpc) is 2.69. The van der Waals surface area contributed by atoms with Crippen LogP contribution in [-0.4, -0.2) is 58.6 Å². The molecule has 0 aromatic heterocycles. The highest BCUT2D eigenvalue weighted by Gasteiger charge is 2.10. The zero-order chi connectivity index (χ0) is 19.3. The van der Waals surface area contributed by atoms with Crippen LogP contribution in [0.5, 0.6) is 0 Å². The number of nitrogens with zero attached hydrogens (tertiary/aromatic N) is 2. The van der Waals surface area contributed by atoms with Gasteiger partial charge in [-0.05, 0) is 37.0 Å². The summed E-state index contributed by atoms with van der Waals surface area (Å²) in [5.74, 6) is 1.52. The molecule has 1 fully saturated rings. The molecule has 0 radical (unpaired) electrons. The summed E-state index contributed by atoms with van der Waals surface area (Å²) in [5, 5.41) is 6.62. The van der Waals surface area contributed by atoms with Crippen LogP contribution in [0.3, 0.4) is 0 Å². The van der Waals surface area contributed by atoms with Crippen molar-refractivity contribution in [3.8, 4) is 0 Å². The van der Waals surface area contributed by atoms with E-state index in [0.29, 0.717) is 19.1 Å². The molecular weight excluding hydrogens is 467 g/mol. The molecule has 0 spiro atoms. The Kier molecular flexibility index (Phi) is 13.3. The summed E-state index contributed by atoms with van der Waals surface area (Å²) in [6, 6.07) is 8.68. The number of benzene rings is 1. The molecule has 0 saturated carbocycles. The standard InChI is InChI=1S/C21H36N4O2.HI/c1-4-22-21(23-10-14-26-13-9-18(2)3)24-17-19-5-7-20(8-6-19)25-11-15-27-16-12-25;/h5-8,18H,4,9-17H2,1-3H3,(H2,22,23,24);1H. The fourth-order valence-corrected chi connectivity index (χ4v) is 2.81. The first-order valence-corrected chi connectivity index (χ1v) is 10.2. The molecule has 1 aliphatic rings. The van der Waals surface area contributed by atoms with Crippen molar-refractivity contribution in [2.24, 2.45) is 10.9 Å². The highest BCUT2D eigenvalue weighted by atomic mass is 127. The lowest BCUT2D eigenvalue weighted by molar-refractivity contribution is 0.122. The Hall–Kier alpha value is -1.06. The Balaban J connectivity index is 0.00000392. The van der Waals surface area contributed by atoms with Gasteiger partial charge in [-0.25, -0.2) is 4.99 Å². The van der Waals surface area contributed by atoms with E-state index in [0.717, 1.165) is 58.4 Å². The summed E-state index contributed by atoms with van der Waals surface area (Å²) in [6.45, 7) is 13.8. The van der Waals surface area contributed by atoms with E-state index in [1.54, 1.807) is 0 Å². The van der Waals surface area contributed by atoms with Gasteiger partial charge < -0.3 is 25.0 Å². The van der Waals surface area contributed by atoms with E-state index < -0.39 is 0 Å². The van der Waals surface area contributed by atoms with Gasteiger partial charge in [0.2, 0.25) is 0 Å². The highest BCUT2D eigenvalue weighted by molar-refractivity contribution is 14.0. The van der Waals surface area contributed by atoms with Crippen LogP contribution in [0.2, 0.25) is 0 Å². The van der Waals surface area contributed by atoms with E-state index >= 15 is 0 Å². The number of nitrogens with one attached hydrogen (secondary N) is 2. The topological polar surface area (TPSA) is 58.1 Å². The molecule has 1 heterocycles. The summed E-state index contributed by atoms with van der Waals surface area (Å²) < 4.78 is 11.1. The number of ether oxygens (including phenoxy) is 2. The minimum Gasteiger partial charge on any atom is -0.380 e. The van der Waals surface area contributed by atoms with E-state index in [4.69, 9.17) is 9.47 Å². The molecule has 0 bridgehead atoms. The van der Waals surface area contributed by atoms with Gasteiger partial charge in [0.1, 0.15) is 0 Å². The lowest BCUT2D eigenvalue weighted by Crippen LogP contribution is -2.39. The first-order chi connectivity index (χ1) is 13.2. The maximum atomic E-state index is 5.65. The Morgan fingerprint density at radius 3 is 2.50 bits per heavy atom. The van der Waals surface area contributed by atoms with Crippen LogP contribution in [0.25, 0.3) is 0 Å². The number of halogens is 1. The first-order valence-electron chi connectivity index (χ1n) is 10.2. The minimum atomic E-state index is 0. The molecule has 7 heteroatoms. The molecule has 1 aromatic rings. The van der Waals surface area contributed by atoms with Crippen molar-refractivity contribution in [3.05, 3.63) is 29.8 Å². The van der Waals surface area contributed by atoms with Crippen LogP contribution in [0.15, 0.2) is 29.3 Å². The zero-order valence-corrected chi connectivity index (χ0v) is 19.9. The van der Waals surface area contributed by atoms with E-state index in [1.165, 1.54) is 11.3 Å². The van der Waals surface area contributed by atoms with Crippen LogP contribution in [0.4, 0.5) is 5.69 Å². The molecular formula is C21H37IN4O2. The van der Waals surface area contributed by atoms with Gasteiger partial charge in [0, 0.05) is 38.5 Å². The number of aliphatic imine (C=N–C) groups is 1. The fourth-order valence-electron chi connectivity index (χ4n) is 2.81. The molecule has 0 amide bonds. The Morgan fingerprint density at radius 1 is 1.14 bits per heavy atom. The summed E-state index contributed by atoms with van der Waals surface area (Å²) in [6.07, 6.45) is 1.11. The normalized spacial score (nSPS) is 14.7. The molecule has 0 aliphatic carbocycles. The second-order valence-corrected chi connectivity index (χ2v) is 7.18. The van der Waals surface area contributed by atoms with Crippen molar-refractivity contribution in [2.45, 2.75) is 33.7 Å². The third-order valence-corrected chi connectivity index (χ3v) is 4.45. The molecule has 160 valence electrons. The summed E-state index contributed by atoms with van der Waals surface area (Å²) in [7, 11) is 0. The monoisotopic (exact) mass is 504 g/mol. The van der Waals surface area contributed by atoms with Gasteiger partial charge in [-0.15, -0.1) is 24.0 Å². The van der Waals surface area contributed by atoms with Crippen molar-refractivity contribution < 1.29 is 9.47 Å².